The Labute approximate surface area is 115 Å². The number of carboxylic acids is 1. The molecule has 0 aliphatic rings. The zero-order valence-electron chi connectivity index (χ0n) is 11.9. The molecule has 0 atom stereocenters. The normalized spacial score (nSPS) is 10.4. The average Bonchev–Trinajstić information content (AvgIpc) is 2.36. The van der Waals surface area contributed by atoms with Gasteiger partial charge < -0.3 is 14.6 Å². The molecule has 0 aliphatic heterocycles. The van der Waals surface area contributed by atoms with Gasteiger partial charge in [-0.3, -0.25) is 0 Å². The molecule has 112 valence electrons. The fourth-order valence-electron chi connectivity index (χ4n) is 1.69. The SMILES string of the molecule is CCCCCCCCCCOC(=O)COCC(=O)O. The Morgan fingerprint density at radius 1 is 0.895 bits per heavy atom. The number of carbonyl (C=O) groups is 2. The Hall–Kier alpha value is -1.10. The van der Waals surface area contributed by atoms with E-state index in [1.807, 2.05) is 0 Å². The van der Waals surface area contributed by atoms with Gasteiger partial charge in [0.1, 0.15) is 13.2 Å². The van der Waals surface area contributed by atoms with E-state index in [4.69, 9.17) is 9.84 Å². The summed E-state index contributed by atoms with van der Waals surface area (Å²) in [6.45, 7) is 1.84. The first-order valence-electron chi connectivity index (χ1n) is 7.12. The highest BCUT2D eigenvalue weighted by atomic mass is 16.6. The quantitative estimate of drug-likeness (QED) is 0.413. The molecule has 0 aliphatic carbocycles. The number of aliphatic carboxylic acids is 1. The minimum atomic E-state index is -1.09. The Bertz CT molecular complexity index is 240. The van der Waals surface area contributed by atoms with E-state index < -0.39 is 18.5 Å². The summed E-state index contributed by atoms with van der Waals surface area (Å²) in [4.78, 5) is 21.2. The molecule has 0 heterocycles. The number of hydrogen-bond acceptors (Lipinski definition) is 4. The predicted octanol–water partition coefficient (Wildman–Crippen LogP) is 2.77. The summed E-state index contributed by atoms with van der Waals surface area (Å²) in [5.41, 5.74) is 0. The third-order valence-corrected chi connectivity index (χ3v) is 2.71. The molecule has 19 heavy (non-hydrogen) atoms. The first-order valence-corrected chi connectivity index (χ1v) is 7.12. The second kappa shape index (κ2) is 13.3. The molecule has 0 aromatic carbocycles. The maximum Gasteiger partial charge on any atom is 0.332 e. The summed E-state index contributed by atoms with van der Waals surface area (Å²) >= 11 is 0. The van der Waals surface area contributed by atoms with E-state index in [1.54, 1.807) is 0 Å². The van der Waals surface area contributed by atoms with Crippen LogP contribution in [0.5, 0.6) is 0 Å². The van der Waals surface area contributed by atoms with Crippen LogP contribution in [-0.2, 0) is 19.1 Å². The smallest absolute Gasteiger partial charge is 0.332 e. The van der Waals surface area contributed by atoms with Crippen molar-refractivity contribution in [3.05, 3.63) is 0 Å². The van der Waals surface area contributed by atoms with Gasteiger partial charge in [0.05, 0.1) is 6.61 Å². The van der Waals surface area contributed by atoms with Crippen molar-refractivity contribution in [2.75, 3.05) is 19.8 Å². The Balaban J connectivity index is 3.16. The molecule has 0 bridgehead atoms. The monoisotopic (exact) mass is 274 g/mol. The maximum atomic E-state index is 11.1. The summed E-state index contributed by atoms with van der Waals surface area (Å²) in [7, 11) is 0. The van der Waals surface area contributed by atoms with Crippen molar-refractivity contribution in [2.45, 2.75) is 58.3 Å². The third kappa shape index (κ3) is 14.8. The van der Waals surface area contributed by atoms with Gasteiger partial charge in [0.25, 0.3) is 0 Å². The number of rotatable bonds is 13. The van der Waals surface area contributed by atoms with Gasteiger partial charge in [-0.1, -0.05) is 51.9 Å². The average molecular weight is 274 g/mol. The molecule has 0 unspecified atom stereocenters. The van der Waals surface area contributed by atoms with Crippen molar-refractivity contribution in [3.8, 4) is 0 Å². The van der Waals surface area contributed by atoms with Gasteiger partial charge in [-0.05, 0) is 6.42 Å². The number of esters is 1. The van der Waals surface area contributed by atoms with Crippen LogP contribution in [0.4, 0.5) is 0 Å². The minimum absolute atomic E-state index is 0.288. The fourth-order valence-corrected chi connectivity index (χ4v) is 1.69. The molecule has 0 fully saturated rings. The molecule has 0 amide bonds. The molecule has 0 rings (SSSR count). The number of unbranched alkanes of at least 4 members (excludes halogenated alkanes) is 7. The Kier molecular flexibility index (Phi) is 12.6. The van der Waals surface area contributed by atoms with E-state index in [1.165, 1.54) is 38.5 Å². The van der Waals surface area contributed by atoms with Crippen LogP contribution in [0.2, 0.25) is 0 Å². The van der Waals surface area contributed by atoms with Gasteiger partial charge in [-0.2, -0.15) is 0 Å². The van der Waals surface area contributed by atoms with Crippen LogP contribution in [0, 0.1) is 0 Å². The molecule has 0 saturated heterocycles. The topological polar surface area (TPSA) is 72.8 Å². The van der Waals surface area contributed by atoms with Crippen LogP contribution in [0.1, 0.15) is 58.3 Å². The van der Waals surface area contributed by atoms with Gasteiger partial charge in [0.15, 0.2) is 0 Å². The van der Waals surface area contributed by atoms with Crippen LogP contribution in [0.3, 0.4) is 0 Å². The van der Waals surface area contributed by atoms with E-state index in [-0.39, 0.29) is 6.61 Å². The Morgan fingerprint density at radius 2 is 1.47 bits per heavy atom. The molecule has 0 aromatic heterocycles. The molecule has 5 nitrogen and oxygen atoms in total. The van der Waals surface area contributed by atoms with E-state index in [0.29, 0.717) is 6.61 Å². The van der Waals surface area contributed by atoms with Crippen molar-refractivity contribution in [2.24, 2.45) is 0 Å². The second-order valence-corrected chi connectivity index (χ2v) is 4.58. The summed E-state index contributed by atoms with van der Waals surface area (Å²) in [5, 5.41) is 8.30. The summed E-state index contributed by atoms with van der Waals surface area (Å²) < 4.78 is 9.53. The van der Waals surface area contributed by atoms with E-state index in [9.17, 15) is 9.59 Å². The molecule has 5 heteroatoms. The summed E-state index contributed by atoms with van der Waals surface area (Å²) in [6, 6.07) is 0. The van der Waals surface area contributed by atoms with Gasteiger partial charge in [-0.25, -0.2) is 9.59 Å². The first-order chi connectivity index (χ1) is 9.16. The number of carbonyl (C=O) groups excluding carboxylic acids is 1. The maximum absolute atomic E-state index is 11.1. The molecule has 0 spiro atoms. The van der Waals surface area contributed by atoms with Crippen molar-refractivity contribution in [1.29, 1.82) is 0 Å². The predicted molar refractivity (Wildman–Crippen MR) is 72.0 cm³/mol. The minimum Gasteiger partial charge on any atom is -0.480 e. The fraction of sp³-hybridized carbons (Fsp3) is 0.857. The lowest BCUT2D eigenvalue weighted by atomic mass is 10.1. The summed E-state index contributed by atoms with van der Waals surface area (Å²) in [5.74, 6) is -1.58. The first kappa shape index (κ1) is 17.9. The lowest BCUT2D eigenvalue weighted by Gasteiger charge is -2.05. The van der Waals surface area contributed by atoms with Crippen molar-refractivity contribution < 1.29 is 24.2 Å². The second-order valence-electron chi connectivity index (χ2n) is 4.58. The van der Waals surface area contributed by atoms with E-state index in [0.717, 1.165) is 12.8 Å². The standard InChI is InChI=1S/C14H26O5/c1-2-3-4-5-6-7-8-9-10-19-14(17)12-18-11-13(15)16/h2-12H2,1H3,(H,15,16). The molecule has 0 radical (unpaired) electrons. The van der Waals surface area contributed by atoms with E-state index in [2.05, 4.69) is 11.7 Å². The van der Waals surface area contributed by atoms with Gasteiger partial charge in [0, 0.05) is 0 Å². The lowest BCUT2D eigenvalue weighted by molar-refractivity contribution is -0.152. The Morgan fingerprint density at radius 3 is 2.05 bits per heavy atom. The highest BCUT2D eigenvalue weighted by Gasteiger charge is 2.04. The van der Waals surface area contributed by atoms with Crippen LogP contribution >= 0.6 is 0 Å². The van der Waals surface area contributed by atoms with Crippen molar-refractivity contribution in [3.63, 3.8) is 0 Å². The van der Waals surface area contributed by atoms with E-state index >= 15 is 0 Å². The highest BCUT2D eigenvalue weighted by Crippen LogP contribution is 2.08. The number of ether oxygens (including phenoxy) is 2. The van der Waals surface area contributed by atoms with Gasteiger partial charge in [0.2, 0.25) is 0 Å². The molecule has 0 aromatic rings. The van der Waals surface area contributed by atoms with Crippen molar-refractivity contribution in [1.82, 2.24) is 0 Å². The highest BCUT2D eigenvalue weighted by molar-refractivity contribution is 5.72. The zero-order chi connectivity index (χ0) is 14.3. The van der Waals surface area contributed by atoms with Crippen LogP contribution in [0.25, 0.3) is 0 Å². The van der Waals surface area contributed by atoms with Crippen LogP contribution in [-0.4, -0.2) is 36.9 Å². The summed E-state index contributed by atoms with van der Waals surface area (Å²) in [6.07, 6.45) is 9.52. The molecular weight excluding hydrogens is 248 g/mol. The zero-order valence-corrected chi connectivity index (χ0v) is 11.9. The molecule has 1 N–H and O–H groups in total. The van der Waals surface area contributed by atoms with Crippen LogP contribution < -0.4 is 0 Å². The molecule has 0 saturated carbocycles. The van der Waals surface area contributed by atoms with Crippen LogP contribution in [0.15, 0.2) is 0 Å². The number of hydrogen-bond donors (Lipinski definition) is 1. The number of carboxylic acid groups (broad SMARTS) is 1. The van der Waals surface area contributed by atoms with Gasteiger partial charge in [-0.15, -0.1) is 0 Å². The largest absolute Gasteiger partial charge is 0.480 e. The van der Waals surface area contributed by atoms with Crippen molar-refractivity contribution >= 4 is 11.9 Å². The lowest BCUT2D eigenvalue weighted by Crippen LogP contribution is -2.16. The van der Waals surface area contributed by atoms with Gasteiger partial charge >= 0.3 is 11.9 Å². The third-order valence-electron chi connectivity index (χ3n) is 2.71. The molecular formula is C14H26O5.